The highest BCUT2D eigenvalue weighted by molar-refractivity contribution is 5.91. The van der Waals surface area contributed by atoms with E-state index in [9.17, 15) is 25.2 Å². The van der Waals surface area contributed by atoms with E-state index in [1.54, 1.807) is 19.1 Å². The SMILES string of the molecule is C/C(CO)=C1\CCc2ccc(cc2)[C@@H]2C=C[C@H](c3cccc([C@]45CCCC[C@@H]4C=Cc4ccccc45)c3)C[C@H]2CC(=O)O[C@@H]2c3c(ccc4c(CO)c([C@H](CCO)COCO)c(=O)oc34)O[C@]3(CC=C[C@H]4[C@H]5C=Cc6ccccc6[C@H]5C[C@H]43)[C@H]2OC1=O. The summed E-state index contributed by atoms with van der Waals surface area (Å²) in [5, 5.41) is 42.4. The topological polar surface area (TPSA) is 182 Å². The summed E-state index contributed by atoms with van der Waals surface area (Å²) >= 11 is 0. The molecule has 1 spiro atoms. The fourth-order valence-electron chi connectivity index (χ4n) is 17.4. The van der Waals surface area contributed by atoms with Gasteiger partial charge in [-0.2, -0.15) is 0 Å². The second-order valence-corrected chi connectivity index (χ2v) is 25.8. The van der Waals surface area contributed by atoms with Crippen LogP contribution in [0.4, 0.5) is 0 Å². The van der Waals surface area contributed by atoms with Crippen molar-refractivity contribution in [2.75, 3.05) is 26.6 Å². The molecule has 6 aliphatic carbocycles. The third kappa shape index (κ3) is 9.82. The van der Waals surface area contributed by atoms with E-state index in [0.29, 0.717) is 41.7 Å². The van der Waals surface area contributed by atoms with E-state index in [1.165, 1.54) is 34.2 Å². The first kappa shape index (κ1) is 57.3. The largest absolute Gasteiger partial charge is 0.482 e. The van der Waals surface area contributed by atoms with Crippen molar-refractivity contribution in [3.8, 4) is 5.75 Å². The van der Waals surface area contributed by atoms with Crippen LogP contribution in [0, 0.1) is 29.6 Å². The van der Waals surface area contributed by atoms with E-state index in [2.05, 4.69) is 140 Å². The molecule has 0 radical (unpaired) electrons. The number of benzene rings is 5. The zero-order chi connectivity index (χ0) is 59.6. The molecule has 12 heteroatoms. The summed E-state index contributed by atoms with van der Waals surface area (Å²) in [5.41, 5.74) is 8.53. The van der Waals surface area contributed by atoms with Gasteiger partial charge in [0.2, 0.25) is 0 Å². The molecule has 4 heterocycles. The van der Waals surface area contributed by atoms with E-state index in [4.69, 9.17) is 23.4 Å². The van der Waals surface area contributed by atoms with Crippen LogP contribution in [-0.4, -0.2) is 70.7 Å². The van der Waals surface area contributed by atoms with Gasteiger partial charge in [0.05, 0.1) is 25.4 Å². The van der Waals surface area contributed by atoms with Gasteiger partial charge < -0.3 is 43.8 Å². The second kappa shape index (κ2) is 23.6. The van der Waals surface area contributed by atoms with Gasteiger partial charge in [0, 0.05) is 65.1 Å². The van der Waals surface area contributed by atoms with Crippen LogP contribution in [0.1, 0.15) is 162 Å². The molecule has 15 rings (SSSR count). The van der Waals surface area contributed by atoms with Gasteiger partial charge in [-0.3, -0.25) is 4.79 Å². The Labute approximate surface area is 507 Å². The van der Waals surface area contributed by atoms with Gasteiger partial charge >= 0.3 is 17.6 Å². The second-order valence-electron chi connectivity index (χ2n) is 25.8. The molecule has 2 fully saturated rings. The zero-order valence-corrected chi connectivity index (χ0v) is 49.2. The summed E-state index contributed by atoms with van der Waals surface area (Å²) < 4.78 is 33.7. The molecule has 6 aromatic rings. The van der Waals surface area contributed by atoms with Gasteiger partial charge in [-0.1, -0.05) is 159 Å². The van der Waals surface area contributed by atoms with Crippen LogP contribution in [0.5, 0.6) is 5.75 Å². The third-order valence-corrected chi connectivity index (χ3v) is 21.5. The Morgan fingerprint density at radius 2 is 1.61 bits per heavy atom. The number of hydrogen-bond donors (Lipinski definition) is 4. The van der Waals surface area contributed by atoms with Crippen molar-refractivity contribution < 1.29 is 53.4 Å². The number of aryl methyl sites for hydroxylation is 1. The molecule has 13 atom stereocenters. The standard InChI is InChI=1S/C75H76O12/c1-44(40-77)55-27-20-45-18-21-47(22-19-45)56-28-25-50(49-12-8-14-54(37-49)74-33-7-6-13-53(74)26-23-48-11-3-5-17-63(48)74)36-52(56)38-66(80)84-70-68-65(31-30-60-62(41-78)67(73(82)85-69(60)68)51(32-35-76)42-83-43-79)87-75(71(70)86-72(55)81)34-9-16-59-58-29-24-46-10-2-4-15-57(46)61(58)39-64(59)75/h2-5,8-12,14-19,21-26,28-31,37,50-53,56,58-59,61,64,70-71,76-79H,6-7,13,20,27,32-36,38-43H2,1H3/b55-44-/t50-,51+,52-,53+,56-,58+,59-,61+,64+,70+,71-,74-,75-/m0/s1. The molecule has 0 saturated heterocycles. The highest BCUT2D eigenvalue weighted by Gasteiger charge is 2.64. The first-order chi connectivity index (χ1) is 42.5. The maximum Gasteiger partial charge on any atom is 0.340 e. The van der Waals surface area contributed by atoms with E-state index in [-0.39, 0.29) is 114 Å². The van der Waals surface area contributed by atoms with Crippen molar-refractivity contribution in [1.29, 1.82) is 0 Å². The molecule has 5 aromatic carbocycles. The molecule has 87 heavy (non-hydrogen) atoms. The number of aliphatic hydroxyl groups excluding tert-OH is 4. The van der Waals surface area contributed by atoms with Gasteiger partial charge in [0.25, 0.3) is 0 Å². The summed E-state index contributed by atoms with van der Waals surface area (Å²) in [6.45, 7) is -0.363. The van der Waals surface area contributed by atoms with Crippen LogP contribution in [0.2, 0.25) is 0 Å². The minimum Gasteiger partial charge on any atom is -0.482 e. The molecule has 2 bridgehead atoms. The Balaban J connectivity index is 0.916. The monoisotopic (exact) mass is 1170 g/mol. The maximum absolute atomic E-state index is 15.9. The minimum atomic E-state index is -1.42. The number of rotatable bonds is 10. The smallest absolute Gasteiger partial charge is 0.340 e. The average molecular weight is 1170 g/mol. The normalized spacial score (nSPS) is 30.4. The molecule has 448 valence electrons. The van der Waals surface area contributed by atoms with Crippen molar-refractivity contribution in [1.82, 2.24) is 0 Å². The Hall–Kier alpha value is -7.45. The van der Waals surface area contributed by atoms with Gasteiger partial charge in [-0.05, 0) is 149 Å². The fourth-order valence-corrected chi connectivity index (χ4v) is 17.4. The Morgan fingerprint density at radius 1 is 0.782 bits per heavy atom. The number of esters is 2. The number of hydrogen-bond acceptors (Lipinski definition) is 12. The summed E-state index contributed by atoms with van der Waals surface area (Å²) in [7, 11) is 0. The van der Waals surface area contributed by atoms with Gasteiger partial charge in [-0.15, -0.1) is 0 Å². The molecule has 0 amide bonds. The molecule has 2 saturated carbocycles. The zero-order valence-electron chi connectivity index (χ0n) is 49.2. The van der Waals surface area contributed by atoms with Crippen LogP contribution in [0.15, 0.2) is 166 Å². The first-order valence-corrected chi connectivity index (χ1v) is 31.6. The molecule has 4 N–H and O–H groups in total. The molecular weight excluding hydrogens is 1090 g/mol. The van der Waals surface area contributed by atoms with Crippen molar-refractivity contribution in [2.24, 2.45) is 29.6 Å². The van der Waals surface area contributed by atoms with E-state index >= 15 is 9.59 Å². The average Bonchev–Trinajstić information content (AvgIpc) is 1.75. The van der Waals surface area contributed by atoms with Crippen molar-refractivity contribution in [2.45, 2.75) is 131 Å². The lowest BCUT2D eigenvalue weighted by atomic mass is 9.56. The lowest BCUT2D eigenvalue weighted by Gasteiger charge is -2.52. The predicted molar refractivity (Wildman–Crippen MR) is 332 cm³/mol. The van der Waals surface area contributed by atoms with E-state index in [1.807, 2.05) is 6.07 Å². The van der Waals surface area contributed by atoms with Crippen LogP contribution >= 0.6 is 0 Å². The van der Waals surface area contributed by atoms with Crippen molar-refractivity contribution in [3.63, 3.8) is 0 Å². The fraction of sp³-hybridized carbons (Fsp3) is 0.400. The molecule has 0 unspecified atom stereocenters. The minimum absolute atomic E-state index is 0.00454. The molecule has 9 aliphatic rings. The number of ether oxygens (including phenoxy) is 4. The van der Waals surface area contributed by atoms with Crippen LogP contribution in [0.3, 0.4) is 0 Å². The number of allylic oxidation sites excluding steroid dienone is 5. The number of carbonyl (C=O) groups is 2. The predicted octanol–water partition coefficient (Wildman–Crippen LogP) is 12.7. The van der Waals surface area contributed by atoms with Crippen molar-refractivity contribution in [3.05, 3.63) is 228 Å². The third-order valence-electron chi connectivity index (χ3n) is 21.5. The summed E-state index contributed by atoms with van der Waals surface area (Å²) in [6.07, 6.45) is 22.4. The van der Waals surface area contributed by atoms with Crippen LogP contribution < -0.4 is 10.4 Å². The van der Waals surface area contributed by atoms with Gasteiger partial charge in [0.15, 0.2) is 17.8 Å². The van der Waals surface area contributed by atoms with Crippen molar-refractivity contribution >= 4 is 35.1 Å². The Kier molecular flexibility index (Phi) is 15.5. The van der Waals surface area contributed by atoms with E-state index in [0.717, 1.165) is 36.0 Å². The maximum atomic E-state index is 15.9. The highest BCUT2D eigenvalue weighted by atomic mass is 16.6. The Morgan fingerprint density at radius 3 is 2.44 bits per heavy atom. The first-order valence-electron chi connectivity index (χ1n) is 31.6. The number of fused-ring (bicyclic) bond motifs is 20. The quantitative estimate of drug-likeness (QED) is 0.0335. The van der Waals surface area contributed by atoms with E-state index < -0.39 is 61.3 Å². The molecular formula is C75H76O12. The molecule has 1 aromatic heterocycles. The van der Waals surface area contributed by atoms with Crippen LogP contribution in [-0.2, 0) is 42.2 Å². The highest BCUT2D eigenvalue weighted by Crippen LogP contribution is 2.63. The summed E-state index contributed by atoms with van der Waals surface area (Å²) in [5.74, 6) is -1.97. The summed E-state index contributed by atoms with van der Waals surface area (Å²) in [4.78, 5) is 46.2. The summed E-state index contributed by atoms with van der Waals surface area (Å²) in [6, 6.07) is 38.5. The lowest BCUT2D eigenvalue weighted by Crippen LogP contribution is -2.61. The van der Waals surface area contributed by atoms with Gasteiger partial charge in [0.1, 0.15) is 18.1 Å². The number of aliphatic hydroxyl groups is 4. The van der Waals surface area contributed by atoms with Gasteiger partial charge in [-0.25, -0.2) is 9.59 Å². The number of carbonyl (C=O) groups excluding carboxylic acids is 2. The molecule has 3 aliphatic heterocycles. The lowest BCUT2D eigenvalue weighted by molar-refractivity contribution is -0.205. The Bertz CT molecular complexity index is 3860. The van der Waals surface area contributed by atoms with Crippen LogP contribution in [0.25, 0.3) is 23.1 Å². The molecule has 12 nitrogen and oxygen atoms in total.